The van der Waals surface area contributed by atoms with Crippen LogP contribution < -0.4 is 15.6 Å². The monoisotopic (exact) mass is 892 g/mol. The third-order valence-electron chi connectivity index (χ3n) is 12.6. The van der Waals surface area contributed by atoms with E-state index < -0.39 is 6.10 Å². The highest BCUT2D eigenvalue weighted by Crippen LogP contribution is 2.38. The van der Waals surface area contributed by atoms with Crippen molar-refractivity contribution in [1.29, 1.82) is 0 Å². The number of aromatic nitrogens is 1. The molecule has 4 heterocycles. The molecular weight excluding hydrogens is 834 g/mol. The summed E-state index contributed by atoms with van der Waals surface area (Å²) in [5.74, 6) is 0.833. The van der Waals surface area contributed by atoms with Crippen LogP contribution in [0.1, 0.15) is 103 Å². The second-order valence-corrected chi connectivity index (χ2v) is 17.9. The number of aromatic amines is 1. The zero-order valence-corrected chi connectivity index (χ0v) is 36.5. The standard InChI is InChI=1S/C50H58BrN3O7/c51-39-28-38(29-40(30-39)60-27-13-5-3-1-2-4-12-24-52-32-45(56)41-18-20-44(55)50-42(41)19-21-48(58)53-50)43(35-14-8-6-9-15-35)31-49(59)61-47-34-54(25-22-37(47)23-26-54)33-46(57)36-16-10-7-11-17-36/h6-11,14-21,28-30,37,43,45,47,52,56H,1-5,12-13,22-27,31-34H2,(H-,53,55,58)/p+1/t37?,43?,45-,47-,54?/m0/s1. The van der Waals surface area contributed by atoms with Gasteiger partial charge in [0.25, 0.3) is 0 Å². The number of nitrogens with one attached hydrogen (secondary N) is 2. The van der Waals surface area contributed by atoms with Crippen molar-refractivity contribution in [3.05, 3.63) is 140 Å². The van der Waals surface area contributed by atoms with Crippen LogP contribution in [0.15, 0.2) is 112 Å². The van der Waals surface area contributed by atoms with Gasteiger partial charge in [0.05, 0.1) is 37.7 Å². The maximum Gasteiger partial charge on any atom is 0.307 e. The van der Waals surface area contributed by atoms with E-state index in [1.807, 2.05) is 54.6 Å². The molecule has 11 heteroatoms. The number of aromatic hydroxyl groups is 1. The Morgan fingerprint density at radius 3 is 2.30 bits per heavy atom. The van der Waals surface area contributed by atoms with Gasteiger partial charge in [-0.3, -0.25) is 14.4 Å². The third kappa shape index (κ3) is 12.0. The Kier molecular flexibility index (Phi) is 15.5. The molecule has 3 saturated heterocycles. The van der Waals surface area contributed by atoms with Crippen LogP contribution in [0.2, 0.25) is 0 Å². The van der Waals surface area contributed by atoms with Gasteiger partial charge in [0, 0.05) is 52.7 Å². The molecule has 5 aromatic rings. The lowest BCUT2D eigenvalue weighted by molar-refractivity contribution is -0.938. The Bertz CT molecular complexity index is 2280. The fraction of sp³-hybridized carbons (Fsp3) is 0.420. The molecule has 4 aromatic carbocycles. The topological polar surface area (TPSA) is 138 Å². The van der Waals surface area contributed by atoms with Gasteiger partial charge in [-0.05, 0) is 66.4 Å². The number of pyridine rings is 1. The van der Waals surface area contributed by atoms with Crippen molar-refractivity contribution in [2.75, 3.05) is 45.9 Å². The summed E-state index contributed by atoms with van der Waals surface area (Å²) in [5.41, 5.74) is 3.49. The second-order valence-electron chi connectivity index (χ2n) is 17.0. The summed E-state index contributed by atoms with van der Waals surface area (Å²) in [5, 5.41) is 24.9. The smallest absolute Gasteiger partial charge is 0.307 e. The molecule has 3 atom stereocenters. The van der Waals surface area contributed by atoms with Gasteiger partial charge in [-0.25, -0.2) is 0 Å². The van der Waals surface area contributed by atoms with Gasteiger partial charge in [0.15, 0.2) is 6.10 Å². The number of nitrogens with zero attached hydrogens (tertiary/aromatic N) is 1. The van der Waals surface area contributed by atoms with Gasteiger partial charge in [-0.15, -0.1) is 0 Å². The molecule has 3 aliphatic rings. The number of H-pyrrole nitrogens is 1. The lowest BCUT2D eigenvalue weighted by Gasteiger charge is -2.51. The fourth-order valence-electron chi connectivity index (χ4n) is 9.29. The molecule has 1 aromatic heterocycles. The van der Waals surface area contributed by atoms with E-state index in [1.54, 1.807) is 12.1 Å². The van der Waals surface area contributed by atoms with E-state index in [0.29, 0.717) is 53.1 Å². The Morgan fingerprint density at radius 2 is 1.54 bits per heavy atom. The number of halogens is 1. The fourth-order valence-corrected chi connectivity index (χ4v) is 9.78. The number of benzene rings is 4. The maximum absolute atomic E-state index is 13.8. The number of esters is 1. The zero-order chi connectivity index (χ0) is 42.6. The molecule has 0 saturated carbocycles. The predicted octanol–water partition coefficient (Wildman–Crippen LogP) is 8.99. The number of ether oxygens (including phenoxy) is 2. The first-order valence-corrected chi connectivity index (χ1v) is 22.8. The molecule has 0 radical (unpaired) electrons. The van der Waals surface area contributed by atoms with Crippen LogP contribution in [0.4, 0.5) is 0 Å². The number of carbonyl (C=O) groups excluding carboxylic acids is 2. The summed E-state index contributed by atoms with van der Waals surface area (Å²) in [6.07, 6.45) is 8.81. The third-order valence-corrected chi connectivity index (χ3v) is 13.1. The van der Waals surface area contributed by atoms with Crippen LogP contribution >= 0.6 is 15.9 Å². The molecule has 322 valence electrons. The van der Waals surface area contributed by atoms with Crippen LogP contribution in [0.25, 0.3) is 10.9 Å². The van der Waals surface area contributed by atoms with E-state index in [9.17, 15) is 24.6 Å². The van der Waals surface area contributed by atoms with E-state index in [0.717, 1.165) is 104 Å². The lowest BCUT2D eigenvalue weighted by atomic mass is 9.82. The summed E-state index contributed by atoms with van der Waals surface area (Å²) in [6.45, 7) is 4.85. The van der Waals surface area contributed by atoms with Crippen molar-refractivity contribution in [3.8, 4) is 11.5 Å². The number of rotatable bonds is 22. The predicted molar refractivity (Wildman–Crippen MR) is 242 cm³/mol. The van der Waals surface area contributed by atoms with Crippen molar-refractivity contribution in [1.82, 2.24) is 10.3 Å². The normalized spacial score (nSPS) is 19.4. The van der Waals surface area contributed by atoms with Crippen molar-refractivity contribution in [3.63, 3.8) is 0 Å². The molecular formula is C50H59BrN3O7+. The Labute approximate surface area is 367 Å². The average Bonchev–Trinajstić information content (AvgIpc) is 3.26. The summed E-state index contributed by atoms with van der Waals surface area (Å²) in [4.78, 5) is 41.4. The van der Waals surface area contributed by atoms with Crippen LogP contribution in [-0.4, -0.2) is 83.4 Å². The Balaban J connectivity index is 0.827. The molecule has 4 N–H and O–H groups in total. The number of phenolic OH excluding ortho intramolecular Hbond substituents is 1. The van der Waals surface area contributed by atoms with Gasteiger partial charge in [0.1, 0.15) is 24.6 Å². The number of hydrogen-bond donors (Lipinski definition) is 4. The number of unbranched alkanes of at least 4 members (excludes halogenated alkanes) is 6. The molecule has 3 aliphatic heterocycles. The number of phenols is 1. The maximum atomic E-state index is 13.8. The Hall–Kier alpha value is -4.81. The summed E-state index contributed by atoms with van der Waals surface area (Å²) < 4.78 is 14.2. The molecule has 1 unspecified atom stereocenters. The molecule has 2 bridgehead atoms. The van der Waals surface area contributed by atoms with Crippen LogP contribution in [0.3, 0.4) is 0 Å². The Morgan fingerprint density at radius 1 is 0.836 bits per heavy atom. The van der Waals surface area contributed by atoms with E-state index in [2.05, 4.69) is 50.5 Å². The van der Waals surface area contributed by atoms with E-state index in [1.165, 1.54) is 12.1 Å². The number of aliphatic hydroxyl groups excluding tert-OH is 1. The van der Waals surface area contributed by atoms with Gasteiger partial charge >= 0.3 is 5.97 Å². The van der Waals surface area contributed by atoms with Crippen molar-refractivity contribution in [2.45, 2.75) is 82.3 Å². The number of piperidine rings is 3. The van der Waals surface area contributed by atoms with Crippen molar-refractivity contribution < 1.29 is 33.8 Å². The number of carbonyl (C=O) groups is 2. The van der Waals surface area contributed by atoms with Crippen molar-refractivity contribution in [2.24, 2.45) is 5.92 Å². The molecule has 0 amide bonds. The van der Waals surface area contributed by atoms with E-state index in [-0.39, 0.29) is 41.5 Å². The summed E-state index contributed by atoms with van der Waals surface area (Å²) >= 11 is 3.71. The minimum Gasteiger partial charge on any atom is -0.506 e. The highest BCUT2D eigenvalue weighted by molar-refractivity contribution is 9.10. The SMILES string of the molecule is O=C(CC(c1ccccc1)c1cc(Br)cc(OCCCCCCCCCNC[C@H](O)c2ccc(O)c3[nH]c(=O)ccc23)c1)O[C@H]1C[N+]2(CC(=O)c3ccccc3)CCC1CC2. The highest BCUT2D eigenvalue weighted by Gasteiger charge is 2.48. The zero-order valence-electron chi connectivity index (χ0n) is 34.9. The first-order valence-electron chi connectivity index (χ1n) is 22.0. The molecule has 0 aliphatic carbocycles. The van der Waals surface area contributed by atoms with E-state index in [4.69, 9.17) is 9.47 Å². The number of ketones is 1. The van der Waals surface area contributed by atoms with Gasteiger partial charge in [-0.2, -0.15) is 0 Å². The van der Waals surface area contributed by atoms with Crippen molar-refractivity contribution >= 4 is 38.6 Å². The number of fused-ring (bicyclic) bond motifs is 4. The first kappa shape index (κ1) is 44.3. The van der Waals surface area contributed by atoms with Gasteiger partial charge in [0.2, 0.25) is 11.3 Å². The van der Waals surface area contributed by atoms with E-state index >= 15 is 0 Å². The second kappa shape index (κ2) is 21.3. The number of quaternary nitrogens is 1. The van der Waals surface area contributed by atoms with Gasteiger partial charge in [-0.1, -0.05) is 115 Å². The largest absolute Gasteiger partial charge is 0.506 e. The molecule has 8 rings (SSSR count). The molecule has 0 spiro atoms. The highest BCUT2D eigenvalue weighted by atomic mass is 79.9. The minimum atomic E-state index is -0.755. The lowest BCUT2D eigenvalue weighted by Crippen LogP contribution is -2.65. The average molecular weight is 894 g/mol. The van der Waals surface area contributed by atoms with Gasteiger partial charge < -0.3 is 34.5 Å². The number of hydrogen-bond acceptors (Lipinski definition) is 8. The molecule has 61 heavy (non-hydrogen) atoms. The van der Waals surface area contributed by atoms with Crippen LogP contribution in [0.5, 0.6) is 11.5 Å². The number of aliphatic hydroxyl groups is 1. The van der Waals surface area contributed by atoms with Crippen LogP contribution in [-0.2, 0) is 9.53 Å². The van der Waals surface area contributed by atoms with Crippen LogP contribution in [0, 0.1) is 5.92 Å². The summed E-state index contributed by atoms with van der Waals surface area (Å²) in [6, 6.07) is 32.0. The number of Topliss-reactive ketones (excluding diaryl/α,β-unsaturated/α-hetero) is 1. The molecule has 3 fully saturated rings. The first-order chi connectivity index (χ1) is 29.7. The molecule has 10 nitrogen and oxygen atoms in total. The minimum absolute atomic E-state index is 0.0151. The summed E-state index contributed by atoms with van der Waals surface area (Å²) in [7, 11) is 0. The quantitative estimate of drug-likeness (QED) is 0.0234.